The van der Waals surface area contributed by atoms with Gasteiger partial charge in [-0.15, -0.1) is 0 Å². The molecule has 6 nitrogen and oxygen atoms in total. The average Bonchev–Trinajstić information content (AvgIpc) is 2.89. The third kappa shape index (κ3) is 5.29. The molecule has 0 spiro atoms. The zero-order chi connectivity index (χ0) is 17.7. The van der Waals surface area contributed by atoms with Gasteiger partial charge in [-0.3, -0.25) is 0 Å². The summed E-state index contributed by atoms with van der Waals surface area (Å²) in [5, 5.41) is 6.41. The Bertz CT molecular complexity index is 683. The van der Waals surface area contributed by atoms with Crippen LogP contribution in [0.2, 0.25) is 0 Å². The van der Waals surface area contributed by atoms with Crippen LogP contribution in [-0.2, 0) is 19.5 Å². The molecular weight excluding hydrogens is 318 g/mol. The summed E-state index contributed by atoms with van der Waals surface area (Å²) < 4.78 is 31.3. The van der Waals surface area contributed by atoms with Crippen LogP contribution >= 0.6 is 0 Å². The molecule has 24 heavy (non-hydrogen) atoms. The van der Waals surface area contributed by atoms with Gasteiger partial charge in [0.2, 0.25) is 5.89 Å². The third-order valence-corrected chi connectivity index (χ3v) is 3.18. The number of benzene rings is 1. The van der Waals surface area contributed by atoms with Crippen molar-refractivity contribution >= 4 is 6.03 Å². The first-order valence-corrected chi connectivity index (χ1v) is 7.59. The Morgan fingerprint density at radius 1 is 1.29 bits per heavy atom. The van der Waals surface area contributed by atoms with Gasteiger partial charge in [-0.25, -0.2) is 13.6 Å². The fourth-order valence-electron chi connectivity index (χ4n) is 2.10. The standard InChI is InChI=1S/C16H20F2N4O2/c1-10(2)4-15-20-14(21-24-15)9-22(3)16(23)19-8-11-5-12(17)7-13(18)6-11/h5-7,10H,4,8-9H2,1-3H3,(H,19,23). The van der Waals surface area contributed by atoms with Crippen LogP contribution in [0.5, 0.6) is 0 Å². The maximum atomic E-state index is 13.1. The van der Waals surface area contributed by atoms with Crippen molar-refractivity contribution in [3.05, 3.63) is 47.1 Å². The van der Waals surface area contributed by atoms with Crippen molar-refractivity contribution in [3.63, 3.8) is 0 Å². The van der Waals surface area contributed by atoms with Crippen molar-refractivity contribution in [2.75, 3.05) is 7.05 Å². The molecule has 0 atom stereocenters. The fourth-order valence-corrected chi connectivity index (χ4v) is 2.10. The van der Waals surface area contributed by atoms with E-state index < -0.39 is 17.7 Å². The minimum atomic E-state index is -0.683. The van der Waals surface area contributed by atoms with Gasteiger partial charge in [0.25, 0.3) is 0 Å². The molecular formula is C16H20F2N4O2. The molecule has 1 heterocycles. The first-order chi connectivity index (χ1) is 11.3. The van der Waals surface area contributed by atoms with Crippen LogP contribution in [0.3, 0.4) is 0 Å². The number of nitrogens with one attached hydrogen (secondary N) is 1. The first-order valence-electron chi connectivity index (χ1n) is 7.59. The largest absolute Gasteiger partial charge is 0.339 e. The predicted molar refractivity (Wildman–Crippen MR) is 82.9 cm³/mol. The van der Waals surface area contributed by atoms with Crippen molar-refractivity contribution in [1.29, 1.82) is 0 Å². The highest BCUT2D eigenvalue weighted by atomic mass is 19.1. The molecule has 8 heteroatoms. The lowest BCUT2D eigenvalue weighted by molar-refractivity contribution is 0.204. The number of hydrogen-bond acceptors (Lipinski definition) is 4. The SMILES string of the molecule is CC(C)Cc1nc(CN(C)C(=O)NCc2cc(F)cc(F)c2)no1. The van der Waals surface area contributed by atoms with E-state index in [0.717, 1.165) is 6.07 Å². The predicted octanol–water partition coefficient (Wildman–Crippen LogP) is 2.89. The van der Waals surface area contributed by atoms with Crippen molar-refractivity contribution in [1.82, 2.24) is 20.4 Å². The van der Waals surface area contributed by atoms with Gasteiger partial charge in [-0.05, 0) is 23.6 Å². The minimum absolute atomic E-state index is 0.0166. The molecule has 0 fully saturated rings. The van der Waals surface area contributed by atoms with Gasteiger partial charge in [0.1, 0.15) is 11.6 Å². The Morgan fingerprint density at radius 2 is 1.96 bits per heavy atom. The van der Waals surface area contributed by atoms with E-state index in [1.54, 1.807) is 7.05 Å². The number of amides is 2. The monoisotopic (exact) mass is 338 g/mol. The van der Waals surface area contributed by atoms with Gasteiger partial charge in [0, 0.05) is 26.1 Å². The number of carbonyl (C=O) groups excluding carboxylic acids is 1. The molecule has 0 saturated heterocycles. The van der Waals surface area contributed by atoms with E-state index in [0.29, 0.717) is 29.6 Å². The molecule has 0 radical (unpaired) electrons. The lowest BCUT2D eigenvalue weighted by Gasteiger charge is -2.16. The molecule has 0 aliphatic heterocycles. The fraction of sp³-hybridized carbons (Fsp3) is 0.438. The van der Waals surface area contributed by atoms with Crippen LogP contribution in [-0.4, -0.2) is 28.1 Å². The summed E-state index contributed by atoms with van der Waals surface area (Å²) >= 11 is 0. The second-order valence-corrected chi connectivity index (χ2v) is 5.99. The van der Waals surface area contributed by atoms with E-state index in [4.69, 9.17) is 4.52 Å². The summed E-state index contributed by atoms with van der Waals surface area (Å²) in [5.41, 5.74) is 0.341. The number of aromatic nitrogens is 2. The number of urea groups is 1. The van der Waals surface area contributed by atoms with Crippen LogP contribution in [0.25, 0.3) is 0 Å². The molecule has 0 unspecified atom stereocenters. The number of halogens is 2. The highest BCUT2D eigenvalue weighted by molar-refractivity contribution is 5.73. The van der Waals surface area contributed by atoms with Crippen LogP contribution in [0.1, 0.15) is 31.1 Å². The van der Waals surface area contributed by atoms with E-state index in [1.807, 2.05) is 13.8 Å². The molecule has 2 rings (SSSR count). The minimum Gasteiger partial charge on any atom is -0.339 e. The van der Waals surface area contributed by atoms with Crippen LogP contribution in [0.15, 0.2) is 22.7 Å². The van der Waals surface area contributed by atoms with Crippen molar-refractivity contribution < 1.29 is 18.1 Å². The summed E-state index contributed by atoms with van der Waals surface area (Å²) in [6.45, 7) is 4.27. The Kier molecular flexibility index (Phi) is 5.83. The molecule has 0 saturated carbocycles. The van der Waals surface area contributed by atoms with Gasteiger partial charge in [0.15, 0.2) is 5.82 Å². The summed E-state index contributed by atoms with van der Waals surface area (Å²) in [4.78, 5) is 17.6. The number of hydrogen-bond donors (Lipinski definition) is 1. The van der Waals surface area contributed by atoms with Gasteiger partial charge >= 0.3 is 6.03 Å². The molecule has 1 N–H and O–H groups in total. The van der Waals surface area contributed by atoms with Gasteiger partial charge < -0.3 is 14.7 Å². The number of rotatable bonds is 6. The average molecular weight is 338 g/mol. The molecule has 2 aromatic rings. The van der Waals surface area contributed by atoms with Crippen LogP contribution < -0.4 is 5.32 Å². The Hall–Kier alpha value is -2.51. The Labute approximate surface area is 138 Å². The molecule has 2 amide bonds. The van der Waals surface area contributed by atoms with E-state index in [1.165, 1.54) is 17.0 Å². The van der Waals surface area contributed by atoms with Crippen molar-refractivity contribution in [2.24, 2.45) is 5.92 Å². The highest BCUT2D eigenvalue weighted by Crippen LogP contribution is 2.09. The summed E-state index contributed by atoms with van der Waals surface area (Å²) in [5.74, 6) is -0.0377. The number of nitrogens with zero attached hydrogens (tertiary/aromatic N) is 3. The quantitative estimate of drug-likeness (QED) is 0.879. The maximum absolute atomic E-state index is 13.1. The molecule has 130 valence electrons. The lowest BCUT2D eigenvalue weighted by atomic mass is 10.1. The zero-order valence-electron chi connectivity index (χ0n) is 13.8. The zero-order valence-corrected chi connectivity index (χ0v) is 13.8. The smallest absolute Gasteiger partial charge is 0.317 e. The molecule has 0 bridgehead atoms. The molecule has 1 aromatic carbocycles. The second-order valence-electron chi connectivity index (χ2n) is 5.99. The number of carbonyl (C=O) groups is 1. The normalized spacial score (nSPS) is 10.9. The Balaban J connectivity index is 1.86. The van der Waals surface area contributed by atoms with Crippen molar-refractivity contribution in [2.45, 2.75) is 33.4 Å². The molecule has 1 aromatic heterocycles. The summed E-state index contributed by atoms with van der Waals surface area (Å²) in [6, 6.07) is 2.71. The van der Waals surface area contributed by atoms with Gasteiger partial charge in [-0.2, -0.15) is 4.98 Å². The summed E-state index contributed by atoms with van der Waals surface area (Å²) in [7, 11) is 1.57. The van der Waals surface area contributed by atoms with E-state index >= 15 is 0 Å². The second kappa shape index (κ2) is 7.85. The molecule has 0 aliphatic rings. The Morgan fingerprint density at radius 3 is 2.58 bits per heavy atom. The van der Waals surface area contributed by atoms with E-state index in [-0.39, 0.29) is 13.1 Å². The maximum Gasteiger partial charge on any atom is 0.317 e. The molecule has 0 aliphatic carbocycles. The van der Waals surface area contributed by atoms with Crippen LogP contribution in [0.4, 0.5) is 13.6 Å². The topological polar surface area (TPSA) is 71.3 Å². The third-order valence-electron chi connectivity index (χ3n) is 3.18. The highest BCUT2D eigenvalue weighted by Gasteiger charge is 2.14. The van der Waals surface area contributed by atoms with Crippen molar-refractivity contribution in [3.8, 4) is 0 Å². The first kappa shape index (κ1) is 17.8. The summed E-state index contributed by atoms with van der Waals surface area (Å²) in [6.07, 6.45) is 0.675. The van der Waals surface area contributed by atoms with E-state index in [2.05, 4.69) is 15.5 Å². The lowest BCUT2D eigenvalue weighted by Crippen LogP contribution is -2.36. The van der Waals surface area contributed by atoms with Crippen LogP contribution in [0, 0.1) is 17.6 Å². The van der Waals surface area contributed by atoms with Gasteiger partial charge in [0.05, 0.1) is 6.54 Å². The van der Waals surface area contributed by atoms with Gasteiger partial charge in [-0.1, -0.05) is 19.0 Å². The van der Waals surface area contributed by atoms with E-state index in [9.17, 15) is 13.6 Å².